The SMILES string of the molecule is CC(C)(C)OC(=O)NCCCN=C(N)N1CCN(c2nccs2)CC1. The molecule has 8 nitrogen and oxygen atoms in total. The lowest BCUT2D eigenvalue weighted by Gasteiger charge is -2.35. The van der Waals surface area contributed by atoms with E-state index >= 15 is 0 Å². The van der Waals surface area contributed by atoms with E-state index in [4.69, 9.17) is 10.5 Å². The molecule has 0 saturated carbocycles. The van der Waals surface area contributed by atoms with Crippen molar-refractivity contribution in [3.8, 4) is 0 Å². The molecule has 1 aliphatic rings. The standard InChI is InChI=1S/C16H28N6O2S/c1-16(2,3)24-15(23)20-6-4-5-18-13(17)21-8-10-22(11-9-21)14-19-7-12-25-14/h7,12H,4-6,8-11H2,1-3H3,(H2,17,18)(H,20,23). The van der Waals surface area contributed by atoms with Crippen LogP contribution in [0, 0.1) is 0 Å². The van der Waals surface area contributed by atoms with Gasteiger partial charge in [0.15, 0.2) is 11.1 Å². The molecule has 0 bridgehead atoms. The Morgan fingerprint density at radius 1 is 1.40 bits per heavy atom. The number of aromatic nitrogens is 1. The quantitative estimate of drug-likeness (QED) is 0.464. The van der Waals surface area contributed by atoms with Gasteiger partial charge in [-0.3, -0.25) is 4.99 Å². The molecule has 1 fully saturated rings. The second-order valence-corrected chi connectivity index (χ2v) is 7.68. The molecule has 1 amide bonds. The number of carbonyl (C=O) groups is 1. The minimum absolute atomic E-state index is 0.400. The van der Waals surface area contributed by atoms with Crippen molar-refractivity contribution in [3.63, 3.8) is 0 Å². The van der Waals surface area contributed by atoms with Gasteiger partial charge in [-0.2, -0.15) is 0 Å². The predicted molar refractivity (Wildman–Crippen MR) is 101 cm³/mol. The van der Waals surface area contributed by atoms with Gasteiger partial charge in [0.1, 0.15) is 5.60 Å². The number of rotatable bonds is 5. The van der Waals surface area contributed by atoms with Crippen LogP contribution in [0.25, 0.3) is 0 Å². The second-order valence-electron chi connectivity index (χ2n) is 6.81. The minimum Gasteiger partial charge on any atom is -0.444 e. The molecule has 1 saturated heterocycles. The number of amides is 1. The van der Waals surface area contributed by atoms with Crippen molar-refractivity contribution in [1.29, 1.82) is 0 Å². The van der Waals surface area contributed by atoms with Crippen LogP contribution < -0.4 is 16.0 Å². The summed E-state index contributed by atoms with van der Waals surface area (Å²) in [6, 6.07) is 0. The van der Waals surface area contributed by atoms with Crippen LogP contribution in [0.15, 0.2) is 16.6 Å². The maximum absolute atomic E-state index is 11.5. The van der Waals surface area contributed by atoms with E-state index in [0.717, 1.165) is 37.7 Å². The maximum Gasteiger partial charge on any atom is 0.407 e. The Bertz CT molecular complexity index is 562. The van der Waals surface area contributed by atoms with Crippen LogP contribution in [0.1, 0.15) is 27.2 Å². The number of piperazine rings is 1. The number of ether oxygens (including phenoxy) is 1. The van der Waals surface area contributed by atoms with Crippen molar-refractivity contribution in [1.82, 2.24) is 15.2 Å². The van der Waals surface area contributed by atoms with Gasteiger partial charge in [-0.05, 0) is 27.2 Å². The van der Waals surface area contributed by atoms with Crippen LogP contribution in [-0.2, 0) is 4.74 Å². The van der Waals surface area contributed by atoms with Crippen molar-refractivity contribution in [2.45, 2.75) is 32.8 Å². The van der Waals surface area contributed by atoms with Gasteiger partial charge in [0.05, 0.1) is 0 Å². The van der Waals surface area contributed by atoms with E-state index in [1.54, 1.807) is 11.3 Å². The summed E-state index contributed by atoms with van der Waals surface area (Å²) in [5, 5.41) is 5.76. The minimum atomic E-state index is -0.479. The number of hydrogen-bond acceptors (Lipinski definition) is 6. The zero-order chi connectivity index (χ0) is 18.3. The van der Waals surface area contributed by atoms with Gasteiger partial charge in [0.25, 0.3) is 0 Å². The molecule has 1 aromatic heterocycles. The smallest absolute Gasteiger partial charge is 0.407 e. The molecule has 140 valence electrons. The highest BCUT2D eigenvalue weighted by atomic mass is 32.1. The topological polar surface area (TPSA) is 96.1 Å². The fourth-order valence-electron chi connectivity index (χ4n) is 2.38. The first-order chi connectivity index (χ1) is 11.8. The van der Waals surface area contributed by atoms with Crippen LogP contribution >= 0.6 is 11.3 Å². The molecule has 0 aliphatic carbocycles. The summed E-state index contributed by atoms with van der Waals surface area (Å²) in [5.74, 6) is 0.566. The highest BCUT2D eigenvalue weighted by Gasteiger charge is 2.19. The molecule has 0 unspecified atom stereocenters. The van der Waals surface area contributed by atoms with Gasteiger partial charge in [-0.25, -0.2) is 9.78 Å². The lowest BCUT2D eigenvalue weighted by molar-refractivity contribution is 0.0527. The summed E-state index contributed by atoms with van der Waals surface area (Å²) in [6.07, 6.45) is 2.15. The summed E-state index contributed by atoms with van der Waals surface area (Å²) >= 11 is 1.65. The molecule has 9 heteroatoms. The van der Waals surface area contributed by atoms with Crippen LogP contribution in [-0.4, -0.2) is 66.8 Å². The zero-order valence-corrected chi connectivity index (χ0v) is 16.0. The van der Waals surface area contributed by atoms with Crippen molar-refractivity contribution in [2.24, 2.45) is 10.7 Å². The summed E-state index contributed by atoms with van der Waals surface area (Å²) in [7, 11) is 0. The van der Waals surface area contributed by atoms with Gasteiger partial charge in [0.2, 0.25) is 0 Å². The number of nitrogens with one attached hydrogen (secondary N) is 1. The Morgan fingerprint density at radius 3 is 2.72 bits per heavy atom. The Kier molecular flexibility index (Phi) is 6.86. The van der Waals surface area contributed by atoms with Crippen molar-refractivity contribution < 1.29 is 9.53 Å². The fourth-order valence-corrected chi connectivity index (χ4v) is 3.07. The summed E-state index contributed by atoms with van der Waals surface area (Å²) in [5.41, 5.74) is 5.59. The molecule has 2 heterocycles. The Hall–Kier alpha value is -2.03. The van der Waals surface area contributed by atoms with Gasteiger partial charge in [0, 0.05) is 50.8 Å². The average molecular weight is 369 g/mol. The van der Waals surface area contributed by atoms with Gasteiger partial charge < -0.3 is 25.6 Å². The Morgan fingerprint density at radius 2 is 2.12 bits per heavy atom. The first-order valence-electron chi connectivity index (χ1n) is 8.51. The summed E-state index contributed by atoms with van der Waals surface area (Å²) in [6.45, 7) is 10.1. The molecule has 0 radical (unpaired) electrons. The third-order valence-electron chi connectivity index (χ3n) is 3.57. The largest absolute Gasteiger partial charge is 0.444 e. The number of carbonyl (C=O) groups excluding carboxylic acids is 1. The highest BCUT2D eigenvalue weighted by molar-refractivity contribution is 7.13. The van der Waals surface area contributed by atoms with Crippen molar-refractivity contribution >= 4 is 28.5 Å². The zero-order valence-electron chi connectivity index (χ0n) is 15.2. The first-order valence-corrected chi connectivity index (χ1v) is 9.39. The maximum atomic E-state index is 11.5. The third-order valence-corrected chi connectivity index (χ3v) is 4.40. The molecule has 1 aromatic rings. The average Bonchev–Trinajstić information content (AvgIpc) is 3.07. The number of nitrogens with zero attached hydrogens (tertiary/aromatic N) is 4. The lowest BCUT2D eigenvalue weighted by atomic mass is 10.2. The molecule has 25 heavy (non-hydrogen) atoms. The van der Waals surface area contributed by atoms with Crippen molar-refractivity contribution in [3.05, 3.63) is 11.6 Å². The number of anilines is 1. The number of aliphatic imine (C=N–C) groups is 1. The van der Waals surface area contributed by atoms with E-state index in [2.05, 4.69) is 25.1 Å². The monoisotopic (exact) mass is 368 g/mol. The molecule has 2 rings (SSSR count). The van der Waals surface area contributed by atoms with Crippen LogP contribution in [0.3, 0.4) is 0 Å². The van der Waals surface area contributed by atoms with E-state index in [1.807, 2.05) is 32.3 Å². The number of guanidine groups is 1. The number of alkyl carbamates (subject to hydrolysis) is 1. The fraction of sp³-hybridized carbons (Fsp3) is 0.688. The van der Waals surface area contributed by atoms with E-state index < -0.39 is 11.7 Å². The number of thiazole rings is 1. The number of nitrogens with two attached hydrogens (primary N) is 1. The Labute approximate surface area is 153 Å². The first kappa shape index (κ1) is 19.3. The number of hydrogen-bond donors (Lipinski definition) is 2. The molecular formula is C16H28N6O2S. The molecule has 0 aromatic carbocycles. The van der Waals surface area contributed by atoms with E-state index in [-0.39, 0.29) is 0 Å². The van der Waals surface area contributed by atoms with E-state index in [1.165, 1.54) is 0 Å². The summed E-state index contributed by atoms with van der Waals surface area (Å²) < 4.78 is 5.17. The predicted octanol–water partition coefficient (Wildman–Crippen LogP) is 1.49. The van der Waals surface area contributed by atoms with Gasteiger partial charge >= 0.3 is 6.09 Å². The van der Waals surface area contributed by atoms with Gasteiger partial charge in [-0.1, -0.05) is 0 Å². The van der Waals surface area contributed by atoms with E-state index in [0.29, 0.717) is 19.0 Å². The van der Waals surface area contributed by atoms with Crippen LogP contribution in [0.4, 0.5) is 9.93 Å². The van der Waals surface area contributed by atoms with Gasteiger partial charge in [-0.15, -0.1) is 11.3 Å². The molecule has 1 aliphatic heterocycles. The normalized spacial score (nSPS) is 16.0. The van der Waals surface area contributed by atoms with Crippen LogP contribution in [0.2, 0.25) is 0 Å². The molecule has 0 spiro atoms. The second kappa shape index (κ2) is 8.89. The molecule has 3 N–H and O–H groups in total. The summed E-state index contributed by atoms with van der Waals surface area (Å²) in [4.78, 5) is 24.6. The molecule has 0 atom stereocenters. The van der Waals surface area contributed by atoms with Crippen LogP contribution in [0.5, 0.6) is 0 Å². The Balaban J connectivity index is 1.63. The van der Waals surface area contributed by atoms with E-state index in [9.17, 15) is 4.79 Å². The third kappa shape index (κ3) is 6.77. The van der Waals surface area contributed by atoms with Crippen molar-refractivity contribution in [2.75, 3.05) is 44.2 Å². The highest BCUT2D eigenvalue weighted by Crippen LogP contribution is 2.18. The molecular weight excluding hydrogens is 340 g/mol. The lowest BCUT2D eigenvalue weighted by Crippen LogP contribution is -2.51.